The Kier molecular flexibility index (Phi) is 4.26. The number of hydrogen-bond acceptors (Lipinski definition) is 4. The Morgan fingerprint density at radius 3 is 3.24 bits per heavy atom. The van der Waals surface area contributed by atoms with Crippen molar-refractivity contribution in [2.45, 2.75) is 44.2 Å². The zero-order chi connectivity index (χ0) is 14.7. The molecule has 1 aromatic heterocycles. The molecule has 0 aliphatic carbocycles. The van der Waals surface area contributed by atoms with Crippen molar-refractivity contribution in [3.63, 3.8) is 0 Å². The number of ether oxygens (including phenoxy) is 1. The summed E-state index contributed by atoms with van der Waals surface area (Å²) in [6.07, 6.45) is 6.23. The van der Waals surface area contributed by atoms with Crippen molar-refractivity contribution in [2.75, 3.05) is 26.2 Å². The number of hydrogen-bond donors (Lipinski definition) is 2. The molecule has 2 atom stereocenters. The topological polar surface area (TPSA) is 68.2 Å². The van der Waals surface area contributed by atoms with E-state index in [-0.39, 0.29) is 11.5 Å². The van der Waals surface area contributed by atoms with Crippen LogP contribution in [0.1, 0.15) is 49.1 Å². The van der Waals surface area contributed by atoms with Crippen LogP contribution >= 0.6 is 0 Å². The molecule has 0 saturated carbocycles. The van der Waals surface area contributed by atoms with Gasteiger partial charge in [0.05, 0.1) is 11.6 Å². The molecule has 2 aliphatic heterocycles. The van der Waals surface area contributed by atoms with Crippen LogP contribution in [-0.4, -0.2) is 47.5 Å². The van der Waals surface area contributed by atoms with E-state index in [1.54, 1.807) is 6.07 Å². The molecule has 0 bridgehead atoms. The van der Waals surface area contributed by atoms with E-state index in [1.165, 1.54) is 0 Å². The Morgan fingerprint density at radius 2 is 2.52 bits per heavy atom. The average Bonchev–Trinajstić information content (AvgIpc) is 3.16. The molecule has 0 radical (unpaired) electrons. The Morgan fingerprint density at radius 1 is 1.62 bits per heavy atom. The summed E-state index contributed by atoms with van der Waals surface area (Å²) in [7, 11) is 0. The minimum Gasteiger partial charge on any atom is -0.373 e. The lowest BCUT2D eigenvalue weighted by Gasteiger charge is -2.23. The molecule has 1 aromatic rings. The van der Waals surface area contributed by atoms with Crippen molar-refractivity contribution in [2.24, 2.45) is 0 Å². The van der Waals surface area contributed by atoms with Crippen LogP contribution in [0.25, 0.3) is 0 Å². The summed E-state index contributed by atoms with van der Waals surface area (Å²) in [5, 5.41) is 10.7. The SMILES string of the molecule is C[C@@]1(CNC(=O)c2ccn([C@H]3CCCNC3)n2)CCCO1. The molecule has 2 saturated heterocycles. The second kappa shape index (κ2) is 6.15. The van der Waals surface area contributed by atoms with Gasteiger partial charge < -0.3 is 15.4 Å². The maximum atomic E-state index is 12.2. The fraction of sp³-hybridized carbons (Fsp3) is 0.733. The summed E-state index contributed by atoms with van der Waals surface area (Å²) < 4.78 is 7.59. The van der Waals surface area contributed by atoms with Gasteiger partial charge in [0.15, 0.2) is 0 Å². The number of aromatic nitrogens is 2. The van der Waals surface area contributed by atoms with E-state index < -0.39 is 0 Å². The highest BCUT2D eigenvalue weighted by Crippen LogP contribution is 2.24. The summed E-state index contributed by atoms with van der Waals surface area (Å²) >= 11 is 0. The molecule has 21 heavy (non-hydrogen) atoms. The van der Waals surface area contributed by atoms with E-state index in [2.05, 4.69) is 15.7 Å². The number of amides is 1. The lowest BCUT2D eigenvalue weighted by Crippen LogP contribution is -2.40. The average molecular weight is 292 g/mol. The molecule has 2 fully saturated rings. The molecule has 3 heterocycles. The predicted octanol–water partition coefficient (Wildman–Crippen LogP) is 1.11. The molecular formula is C15H24N4O2. The minimum absolute atomic E-state index is 0.116. The van der Waals surface area contributed by atoms with Gasteiger partial charge in [0.2, 0.25) is 0 Å². The third-order valence-corrected chi connectivity index (χ3v) is 4.41. The van der Waals surface area contributed by atoms with Gasteiger partial charge >= 0.3 is 0 Å². The molecule has 0 unspecified atom stereocenters. The largest absolute Gasteiger partial charge is 0.373 e. The van der Waals surface area contributed by atoms with Crippen LogP contribution in [0.4, 0.5) is 0 Å². The smallest absolute Gasteiger partial charge is 0.271 e. The maximum Gasteiger partial charge on any atom is 0.271 e. The number of rotatable bonds is 4. The van der Waals surface area contributed by atoms with Crippen LogP contribution in [0.5, 0.6) is 0 Å². The molecule has 0 aromatic carbocycles. The second-order valence-electron chi connectivity index (χ2n) is 6.27. The first-order valence-corrected chi connectivity index (χ1v) is 7.84. The Balaban J connectivity index is 1.56. The van der Waals surface area contributed by atoms with Crippen molar-refractivity contribution >= 4 is 5.91 Å². The van der Waals surface area contributed by atoms with Crippen LogP contribution in [0.3, 0.4) is 0 Å². The molecule has 2 N–H and O–H groups in total. The first-order valence-electron chi connectivity index (χ1n) is 7.84. The Hall–Kier alpha value is -1.40. The lowest BCUT2D eigenvalue weighted by atomic mass is 10.0. The highest BCUT2D eigenvalue weighted by atomic mass is 16.5. The van der Waals surface area contributed by atoms with Gasteiger partial charge in [-0.3, -0.25) is 9.48 Å². The van der Waals surface area contributed by atoms with Crippen LogP contribution in [0.2, 0.25) is 0 Å². The highest BCUT2D eigenvalue weighted by Gasteiger charge is 2.30. The number of carbonyl (C=O) groups excluding carboxylic acids is 1. The van der Waals surface area contributed by atoms with Crippen molar-refractivity contribution < 1.29 is 9.53 Å². The van der Waals surface area contributed by atoms with Gasteiger partial charge in [0, 0.05) is 25.9 Å². The number of nitrogens with one attached hydrogen (secondary N) is 2. The molecular weight excluding hydrogens is 268 g/mol. The van der Waals surface area contributed by atoms with E-state index in [0.29, 0.717) is 18.3 Å². The third-order valence-electron chi connectivity index (χ3n) is 4.41. The summed E-state index contributed by atoms with van der Waals surface area (Å²) in [5.41, 5.74) is 0.271. The second-order valence-corrected chi connectivity index (χ2v) is 6.27. The molecule has 1 amide bonds. The Labute approximate surface area is 125 Å². The van der Waals surface area contributed by atoms with E-state index in [9.17, 15) is 4.79 Å². The van der Waals surface area contributed by atoms with Crippen LogP contribution < -0.4 is 10.6 Å². The van der Waals surface area contributed by atoms with E-state index in [1.807, 2.05) is 17.8 Å². The van der Waals surface area contributed by atoms with Crippen molar-refractivity contribution in [3.05, 3.63) is 18.0 Å². The van der Waals surface area contributed by atoms with Crippen LogP contribution in [0.15, 0.2) is 12.3 Å². The highest BCUT2D eigenvalue weighted by molar-refractivity contribution is 5.92. The minimum atomic E-state index is -0.217. The molecule has 116 valence electrons. The molecule has 2 aliphatic rings. The molecule has 3 rings (SSSR count). The predicted molar refractivity (Wildman–Crippen MR) is 79.3 cm³/mol. The third kappa shape index (κ3) is 3.44. The van der Waals surface area contributed by atoms with Gasteiger partial charge in [0.1, 0.15) is 5.69 Å². The summed E-state index contributed by atoms with van der Waals surface area (Å²) in [5.74, 6) is -0.116. The standard InChI is InChI=1S/C15H24N4O2/c1-15(6-3-9-21-15)11-17-14(20)13-5-8-19(18-13)12-4-2-7-16-10-12/h5,8,12,16H,2-4,6-7,9-11H2,1H3,(H,17,20)/t12-,15-/m0/s1. The fourth-order valence-corrected chi connectivity index (χ4v) is 3.06. The Bertz CT molecular complexity index is 488. The summed E-state index contributed by atoms with van der Waals surface area (Å²) in [6, 6.07) is 2.15. The van der Waals surface area contributed by atoms with Gasteiger partial charge in [0.25, 0.3) is 5.91 Å². The first kappa shape index (κ1) is 14.5. The molecule has 0 spiro atoms. The maximum absolute atomic E-state index is 12.2. The normalized spacial score (nSPS) is 29.5. The zero-order valence-corrected chi connectivity index (χ0v) is 12.6. The van der Waals surface area contributed by atoms with Gasteiger partial charge in [-0.2, -0.15) is 5.10 Å². The molecule has 6 nitrogen and oxygen atoms in total. The van der Waals surface area contributed by atoms with Crippen LogP contribution in [-0.2, 0) is 4.74 Å². The summed E-state index contributed by atoms with van der Waals surface area (Å²) in [4.78, 5) is 12.2. The van der Waals surface area contributed by atoms with Crippen LogP contribution in [0, 0.1) is 0 Å². The van der Waals surface area contributed by atoms with Crippen molar-refractivity contribution in [1.82, 2.24) is 20.4 Å². The van der Waals surface area contributed by atoms with Gasteiger partial charge in [-0.1, -0.05) is 0 Å². The van der Waals surface area contributed by atoms with E-state index >= 15 is 0 Å². The van der Waals surface area contributed by atoms with Gasteiger partial charge in [-0.15, -0.1) is 0 Å². The molecule has 6 heteroatoms. The quantitative estimate of drug-likeness (QED) is 0.872. The summed E-state index contributed by atoms with van der Waals surface area (Å²) in [6.45, 7) is 5.38. The van der Waals surface area contributed by atoms with E-state index in [0.717, 1.165) is 45.4 Å². The van der Waals surface area contributed by atoms with Gasteiger partial charge in [-0.05, 0) is 45.2 Å². The number of piperidine rings is 1. The zero-order valence-electron chi connectivity index (χ0n) is 12.6. The van der Waals surface area contributed by atoms with E-state index in [4.69, 9.17) is 4.74 Å². The lowest BCUT2D eigenvalue weighted by molar-refractivity contribution is 0.0205. The van der Waals surface area contributed by atoms with Crippen molar-refractivity contribution in [1.29, 1.82) is 0 Å². The monoisotopic (exact) mass is 292 g/mol. The number of carbonyl (C=O) groups is 1. The number of nitrogens with zero attached hydrogens (tertiary/aromatic N) is 2. The van der Waals surface area contributed by atoms with Crippen molar-refractivity contribution in [3.8, 4) is 0 Å². The fourth-order valence-electron chi connectivity index (χ4n) is 3.06. The first-order chi connectivity index (χ1) is 10.2. The van der Waals surface area contributed by atoms with Gasteiger partial charge in [-0.25, -0.2) is 0 Å².